The van der Waals surface area contributed by atoms with Gasteiger partial charge in [0.2, 0.25) is 0 Å². The van der Waals surface area contributed by atoms with Gasteiger partial charge >= 0.3 is 12.8 Å². The monoisotopic (exact) mass is 318 g/mol. The highest BCUT2D eigenvalue weighted by Crippen LogP contribution is 2.29. The molecule has 0 atom stereocenters. The summed E-state index contributed by atoms with van der Waals surface area (Å²) in [6, 6.07) is 1.65. The van der Waals surface area contributed by atoms with E-state index >= 15 is 0 Å². The zero-order valence-electron chi connectivity index (χ0n) is 10.5. The van der Waals surface area contributed by atoms with Crippen molar-refractivity contribution in [1.29, 1.82) is 0 Å². The van der Waals surface area contributed by atoms with Crippen LogP contribution in [0.4, 0.5) is 37.7 Å². The smallest absolute Gasteiger partial charge is 0.411 e. The molecule has 4 nitrogen and oxygen atoms in total. The van der Waals surface area contributed by atoms with Crippen LogP contribution >= 0.6 is 0 Å². The van der Waals surface area contributed by atoms with Crippen LogP contribution in [0.2, 0.25) is 0 Å². The first-order chi connectivity index (χ1) is 9.69. The van der Waals surface area contributed by atoms with Gasteiger partial charge in [0.1, 0.15) is 6.61 Å². The van der Waals surface area contributed by atoms with E-state index in [1.165, 1.54) is 0 Å². The number of benzene rings is 1. The fourth-order valence-corrected chi connectivity index (χ4v) is 1.35. The summed E-state index contributed by atoms with van der Waals surface area (Å²) in [5, 5.41) is 2.53. The number of ether oxygens (including phenoxy) is 2. The van der Waals surface area contributed by atoms with Gasteiger partial charge in [0.15, 0.2) is 11.6 Å². The number of alkyl halides is 5. The molecule has 0 radical (unpaired) electrons. The lowest BCUT2D eigenvalue weighted by Gasteiger charge is -2.13. The first-order valence-corrected chi connectivity index (χ1v) is 5.61. The number of anilines is 2. The Morgan fingerprint density at radius 3 is 2.48 bits per heavy atom. The summed E-state index contributed by atoms with van der Waals surface area (Å²) in [5.74, 6) is -1.80. The van der Waals surface area contributed by atoms with Gasteiger partial charge in [-0.3, -0.25) is 0 Å². The number of hydrogen-bond donors (Lipinski definition) is 2. The van der Waals surface area contributed by atoms with Gasteiger partial charge in [-0.05, 0) is 0 Å². The Hall–Kier alpha value is -1.84. The quantitative estimate of drug-likeness (QED) is 0.461. The van der Waals surface area contributed by atoms with E-state index in [1.807, 2.05) is 0 Å². The Morgan fingerprint density at radius 1 is 1.24 bits per heavy atom. The molecule has 1 aromatic carbocycles. The molecule has 120 valence electrons. The van der Waals surface area contributed by atoms with E-state index in [1.54, 1.807) is 0 Å². The second kappa shape index (κ2) is 7.25. The molecule has 3 N–H and O–H groups in total. The normalized spacial score (nSPS) is 11.8. The number of rotatable bonds is 7. The fraction of sp³-hybridized carbons (Fsp3) is 0.455. The zero-order valence-corrected chi connectivity index (χ0v) is 10.5. The lowest BCUT2D eigenvalue weighted by molar-refractivity contribution is -0.172. The van der Waals surface area contributed by atoms with Crippen molar-refractivity contribution in [2.45, 2.75) is 12.8 Å². The van der Waals surface area contributed by atoms with Gasteiger partial charge in [0.25, 0.3) is 0 Å². The molecule has 0 saturated carbocycles. The third-order valence-electron chi connectivity index (χ3n) is 2.15. The predicted octanol–water partition coefficient (Wildman–Crippen LogP) is 3.00. The van der Waals surface area contributed by atoms with Gasteiger partial charge in [-0.25, -0.2) is 4.39 Å². The van der Waals surface area contributed by atoms with E-state index in [9.17, 15) is 26.3 Å². The van der Waals surface area contributed by atoms with Crippen LogP contribution in [0.1, 0.15) is 0 Å². The molecule has 0 fully saturated rings. The summed E-state index contributed by atoms with van der Waals surface area (Å²) in [7, 11) is 0. The maximum Gasteiger partial charge on any atom is 0.411 e. The lowest BCUT2D eigenvalue weighted by Crippen LogP contribution is -2.20. The van der Waals surface area contributed by atoms with Crippen LogP contribution in [-0.4, -0.2) is 32.5 Å². The Kier molecular flexibility index (Phi) is 5.94. The second-order valence-corrected chi connectivity index (χ2v) is 3.84. The predicted molar refractivity (Wildman–Crippen MR) is 62.8 cm³/mol. The van der Waals surface area contributed by atoms with Gasteiger partial charge in [-0.1, -0.05) is 0 Å². The molecule has 1 aromatic rings. The Morgan fingerprint density at radius 2 is 1.90 bits per heavy atom. The van der Waals surface area contributed by atoms with Crippen molar-refractivity contribution in [3.05, 3.63) is 17.9 Å². The summed E-state index contributed by atoms with van der Waals surface area (Å²) in [6.07, 6.45) is -4.44. The van der Waals surface area contributed by atoms with Crippen molar-refractivity contribution in [1.82, 2.24) is 0 Å². The molecule has 21 heavy (non-hydrogen) atoms. The van der Waals surface area contributed by atoms with Crippen molar-refractivity contribution >= 4 is 11.4 Å². The van der Waals surface area contributed by atoms with Crippen LogP contribution < -0.4 is 15.8 Å². The van der Waals surface area contributed by atoms with Crippen molar-refractivity contribution in [2.24, 2.45) is 0 Å². The van der Waals surface area contributed by atoms with Crippen molar-refractivity contribution in [2.75, 3.05) is 30.8 Å². The number of nitrogens with two attached hydrogens (primary N) is 1. The maximum absolute atomic E-state index is 13.2. The zero-order chi connectivity index (χ0) is 16.0. The molecule has 10 heteroatoms. The number of nitrogens with one attached hydrogen (secondary N) is 1. The van der Waals surface area contributed by atoms with Crippen molar-refractivity contribution in [3.63, 3.8) is 0 Å². The first kappa shape index (κ1) is 17.2. The van der Waals surface area contributed by atoms with Crippen LogP contribution in [0, 0.1) is 5.82 Å². The Labute approximate surface area is 115 Å². The molecule has 0 aromatic heterocycles. The highest BCUT2D eigenvalue weighted by Gasteiger charge is 2.27. The summed E-state index contributed by atoms with van der Waals surface area (Å²) in [6.45, 7) is -5.01. The van der Waals surface area contributed by atoms with E-state index in [0.717, 1.165) is 12.1 Å². The van der Waals surface area contributed by atoms with Crippen molar-refractivity contribution < 1.29 is 35.8 Å². The van der Waals surface area contributed by atoms with Crippen LogP contribution in [0.3, 0.4) is 0 Å². The Balaban J connectivity index is 2.54. The second-order valence-electron chi connectivity index (χ2n) is 3.84. The summed E-state index contributed by atoms with van der Waals surface area (Å²) in [4.78, 5) is 0. The highest BCUT2D eigenvalue weighted by molar-refractivity contribution is 5.68. The summed E-state index contributed by atoms with van der Waals surface area (Å²) in [5.41, 5.74) is 5.38. The minimum atomic E-state index is -4.44. The number of nitrogen functional groups attached to an aromatic ring is 1. The number of hydrogen-bond acceptors (Lipinski definition) is 4. The maximum atomic E-state index is 13.2. The molecule has 0 saturated heterocycles. The first-order valence-electron chi connectivity index (χ1n) is 5.61. The molecule has 0 aliphatic heterocycles. The van der Waals surface area contributed by atoms with Crippen LogP contribution in [-0.2, 0) is 4.74 Å². The van der Waals surface area contributed by atoms with Crippen LogP contribution in [0.15, 0.2) is 12.1 Å². The highest BCUT2D eigenvalue weighted by atomic mass is 19.4. The average Bonchev–Trinajstić information content (AvgIpc) is 2.32. The number of halogens is 6. The molecule has 1 rings (SSSR count). The van der Waals surface area contributed by atoms with Gasteiger partial charge in [-0.2, -0.15) is 22.0 Å². The minimum Gasteiger partial charge on any atom is -0.432 e. The van der Waals surface area contributed by atoms with Gasteiger partial charge in [0, 0.05) is 18.7 Å². The standard InChI is InChI=1S/C11H12F6N2O2/c12-6-3-7(18)8(4-9(6)21-10(13)14)19-1-2-20-5-11(15,16)17/h3-4,10,19H,1-2,5,18H2. The van der Waals surface area contributed by atoms with E-state index < -0.39 is 31.0 Å². The Bertz CT molecular complexity index is 467. The van der Waals surface area contributed by atoms with Gasteiger partial charge in [-0.15, -0.1) is 0 Å². The van der Waals surface area contributed by atoms with Gasteiger partial charge in [0.05, 0.1) is 18.0 Å². The molecule has 0 aliphatic carbocycles. The van der Waals surface area contributed by atoms with Crippen molar-refractivity contribution in [3.8, 4) is 5.75 Å². The van der Waals surface area contributed by atoms with Gasteiger partial charge < -0.3 is 20.5 Å². The molecule has 0 heterocycles. The summed E-state index contributed by atoms with van der Waals surface area (Å²) < 4.78 is 80.9. The average molecular weight is 318 g/mol. The molecule has 0 spiro atoms. The molecule has 0 unspecified atom stereocenters. The lowest BCUT2D eigenvalue weighted by atomic mass is 10.2. The molecular weight excluding hydrogens is 306 g/mol. The third kappa shape index (κ3) is 6.43. The molecule has 0 bridgehead atoms. The molecular formula is C11H12F6N2O2. The van der Waals surface area contributed by atoms with Crippen LogP contribution in [0.25, 0.3) is 0 Å². The largest absolute Gasteiger partial charge is 0.432 e. The van der Waals surface area contributed by atoms with E-state index in [0.29, 0.717) is 0 Å². The minimum absolute atomic E-state index is 0.0441. The van der Waals surface area contributed by atoms with E-state index in [2.05, 4.69) is 14.8 Å². The topological polar surface area (TPSA) is 56.5 Å². The molecule has 0 aliphatic rings. The fourth-order valence-electron chi connectivity index (χ4n) is 1.35. The molecule has 0 amide bonds. The third-order valence-corrected chi connectivity index (χ3v) is 2.15. The van der Waals surface area contributed by atoms with Crippen LogP contribution in [0.5, 0.6) is 5.75 Å². The van der Waals surface area contributed by atoms with E-state index in [-0.39, 0.29) is 24.5 Å². The van der Waals surface area contributed by atoms with E-state index in [4.69, 9.17) is 5.73 Å². The summed E-state index contributed by atoms with van der Waals surface area (Å²) >= 11 is 0. The SMILES string of the molecule is Nc1cc(F)c(OC(F)F)cc1NCCOCC(F)(F)F.